The van der Waals surface area contributed by atoms with Crippen molar-refractivity contribution >= 4 is 22.7 Å². The number of rotatable bonds is 2. The van der Waals surface area contributed by atoms with Gasteiger partial charge in [0.1, 0.15) is 12.6 Å². The second-order valence-electron chi connectivity index (χ2n) is 8.66. The number of H-pyrrole nitrogens is 1. The van der Waals surface area contributed by atoms with Crippen LogP contribution in [-0.2, 0) is 16.0 Å². The lowest BCUT2D eigenvalue weighted by molar-refractivity contribution is -0.160. The molecular formula is C24H23N3O4. The molecule has 1 saturated heterocycles. The van der Waals surface area contributed by atoms with E-state index in [-0.39, 0.29) is 37.2 Å². The molecule has 31 heavy (non-hydrogen) atoms. The summed E-state index contributed by atoms with van der Waals surface area (Å²) < 4.78 is 11.1. The molecule has 2 aromatic carbocycles. The van der Waals surface area contributed by atoms with Crippen molar-refractivity contribution in [2.45, 2.75) is 38.4 Å². The molecule has 3 aliphatic rings. The average molecular weight is 417 g/mol. The van der Waals surface area contributed by atoms with Gasteiger partial charge < -0.3 is 24.3 Å². The van der Waals surface area contributed by atoms with E-state index in [4.69, 9.17) is 9.47 Å². The van der Waals surface area contributed by atoms with Gasteiger partial charge in [-0.1, -0.05) is 24.3 Å². The van der Waals surface area contributed by atoms with Crippen LogP contribution in [0.15, 0.2) is 42.5 Å². The van der Waals surface area contributed by atoms with Crippen molar-refractivity contribution in [3.05, 3.63) is 59.3 Å². The van der Waals surface area contributed by atoms with E-state index < -0.39 is 6.04 Å². The Hall–Kier alpha value is -3.48. The van der Waals surface area contributed by atoms with E-state index in [2.05, 4.69) is 11.1 Å². The molecule has 0 radical (unpaired) electrons. The number of para-hydroxylation sites is 1. The SMILES string of the molecule is CC(C)N1CC(=O)N2[C@H](c3ccc4c(c3)OCO4)c3[nH]c4ccccc4c3C[C@@H]2C1=O. The maximum atomic E-state index is 13.5. The van der Waals surface area contributed by atoms with Gasteiger partial charge in [-0.25, -0.2) is 0 Å². The summed E-state index contributed by atoms with van der Waals surface area (Å²) in [6, 6.07) is 12.9. The maximum absolute atomic E-state index is 13.5. The number of piperazine rings is 1. The first-order chi connectivity index (χ1) is 15.0. The zero-order valence-electron chi connectivity index (χ0n) is 17.4. The van der Waals surface area contributed by atoms with E-state index in [1.54, 1.807) is 9.80 Å². The summed E-state index contributed by atoms with van der Waals surface area (Å²) >= 11 is 0. The topological polar surface area (TPSA) is 74.9 Å². The Morgan fingerprint density at radius 2 is 1.87 bits per heavy atom. The van der Waals surface area contributed by atoms with E-state index in [0.29, 0.717) is 17.9 Å². The normalized spacial score (nSPS) is 22.3. The smallest absolute Gasteiger partial charge is 0.246 e. The van der Waals surface area contributed by atoms with E-state index >= 15 is 0 Å². The molecule has 3 aromatic rings. The summed E-state index contributed by atoms with van der Waals surface area (Å²) in [5.41, 5.74) is 3.99. The van der Waals surface area contributed by atoms with Crippen LogP contribution in [0, 0.1) is 0 Å². The van der Waals surface area contributed by atoms with Gasteiger partial charge in [-0.05, 0) is 43.2 Å². The van der Waals surface area contributed by atoms with Crippen LogP contribution in [-0.4, -0.2) is 52.0 Å². The lowest BCUT2D eigenvalue weighted by atomic mass is 9.86. The van der Waals surface area contributed by atoms with Gasteiger partial charge in [-0.3, -0.25) is 9.59 Å². The van der Waals surface area contributed by atoms with Gasteiger partial charge in [0.2, 0.25) is 18.6 Å². The average Bonchev–Trinajstić information content (AvgIpc) is 3.38. The van der Waals surface area contributed by atoms with Crippen LogP contribution in [0.1, 0.15) is 36.7 Å². The minimum Gasteiger partial charge on any atom is -0.454 e. The first-order valence-corrected chi connectivity index (χ1v) is 10.6. The van der Waals surface area contributed by atoms with Gasteiger partial charge in [-0.2, -0.15) is 0 Å². The number of hydrogen-bond donors (Lipinski definition) is 1. The number of carbonyl (C=O) groups is 2. The molecule has 6 rings (SSSR count). The lowest BCUT2D eigenvalue weighted by Crippen LogP contribution is -2.64. The molecule has 1 N–H and O–H groups in total. The summed E-state index contributed by atoms with van der Waals surface area (Å²) in [7, 11) is 0. The number of amides is 2. The highest BCUT2D eigenvalue weighted by atomic mass is 16.7. The minimum absolute atomic E-state index is 0.0104. The Bertz CT molecular complexity index is 1230. The summed E-state index contributed by atoms with van der Waals surface area (Å²) in [6.45, 7) is 4.20. The predicted octanol–water partition coefficient (Wildman–Crippen LogP) is 2.99. The molecule has 4 heterocycles. The zero-order chi connectivity index (χ0) is 21.3. The van der Waals surface area contributed by atoms with Gasteiger partial charge >= 0.3 is 0 Å². The van der Waals surface area contributed by atoms with Crippen LogP contribution in [0.2, 0.25) is 0 Å². The molecule has 1 fully saturated rings. The second kappa shape index (κ2) is 6.51. The largest absolute Gasteiger partial charge is 0.454 e. The van der Waals surface area contributed by atoms with Gasteiger partial charge in [0.05, 0.1) is 6.04 Å². The number of carbonyl (C=O) groups excluding carboxylic acids is 2. The Balaban J connectivity index is 1.56. The van der Waals surface area contributed by atoms with Crippen molar-refractivity contribution in [2.75, 3.05) is 13.3 Å². The fourth-order valence-corrected chi connectivity index (χ4v) is 5.15. The van der Waals surface area contributed by atoms with Crippen molar-refractivity contribution in [1.29, 1.82) is 0 Å². The maximum Gasteiger partial charge on any atom is 0.246 e. The highest BCUT2D eigenvalue weighted by Gasteiger charge is 2.48. The molecule has 1 aromatic heterocycles. The lowest BCUT2D eigenvalue weighted by Gasteiger charge is -2.48. The molecule has 0 saturated carbocycles. The summed E-state index contributed by atoms with van der Waals surface area (Å²) in [5, 5.41) is 1.10. The number of ether oxygens (including phenoxy) is 2. The van der Waals surface area contributed by atoms with E-state index in [1.165, 1.54) is 0 Å². The van der Waals surface area contributed by atoms with Crippen LogP contribution in [0.5, 0.6) is 11.5 Å². The number of aromatic nitrogens is 1. The number of nitrogens with zero attached hydrogens (tertiary/aromatic N) is 2. The van der Waals surface area contributed by atoms with Gasteiger partial charge in [0.15, 0.2) is 11.5 Å². The number of hydrogen-bond acceptors (Lipinski definition) is 4. The quantitative estimate of drug-likeness (QED) is 0.696. The highest BCUT2D eigenvalue weighted by molar-refractivity contribution is 5.97. The third-order valence-electron chi connectivity index (χ3n) is 6.63. The first kappa shape index (κ1) is 18.3. The zero-order valence-corrected chi connectivity index (χ0v) is 17.4. The van der Waals surface area contributed by atoms with Crippen LogP contribution < -0.4 is 9.47 Å². The van der Waals surface area contributed by atoms with Crippen molar-refractivity contribution in [1.82, 2.24) is 14.8 Å². The van der Waals surface area contributed by atoms with Gasteiger partial charge in [0, 0.05) is 29.1 Å². The molecule has 0 bridgehead atoms. The predicted molar refractivity (Wildman–Crippen MR) is 114 cm³/mol. The molecule has 3 aliphatic heterocycles. The molecular weight excluding hydrogens is 394 g/mol. The number of benzene rings is 2. The fraction of sp³-hybridized carbons (Fsp3) is 0.333. The van der Waals surface area contributed by atoms with Gasteiger partial charge in [-0.15, -0.1) is 0 Å². The molecule has 7 nitrogen and oxygen atoms in total. The number of aromatic amines is 1. The van der Waals surface area contributed by atoms with Crippen molar-refractivity contribution in [2.24, 2.45) is 0 Å². The Kier molecular flexibility index (Phi) is 3.84. The molecule has 2 atom stereocenters. The number of fused-ring (bicyclic) bond motifs is 5. The molecule has 7 heteroatoms. The second-order valence-corrected chi connectivity index (χ2v) is 8.66. The fourth-order valence-electron chi connectivity index (χ4n) is 5.15. The summed E-state index contributed by atoms with van der Waals surface area (Å²) in [5.74, 6) is 1.33. The van der Waals surface area contributed by atoms with E-state index in [1.807, 2.05) is 50.2 Å². The molecule has 0 spiro atoms. The Morgan fingerprint density at radius 1 is 1.06 bits per heavy atom. The highest BCUT2D eigenvalue weighted by Crippen LogP contribution is 2.45. The molecule has 0 aliphatic carbocycles. The summed E-state index contributed by atoms with van der Waals surface area (Å²) in [4.78, 5) is 33.9. The van der Waals surface area contributed by atoms with E-state index in [9.17, 15) is 9.59 Å². The van der Waals surface area contributed by atoms with Gasteiger partial charge in [0.25, 0.3) is 0 Å². The first-order valence-electron chi connectivity index (χ1n) is 10.6. The molecule has 158 valence electrons. The van der Waals surface area contributed by atoms with Crippen molar-refractivity contribution in [3.63, 3.8) is 0 Å². The van der Waals surface area contributed by atoms with E-state index in [0.717, 1.165) is 27.7 Å². The standard InChI is InChI=1S/C24H23N3O4/c1-13(2)26-11-21(28)27-18(24(26)29)10-16-15-5-3-4-6-17(15)25-22(16)23(27)14-7-8-19-20(9-14)31-12-30-19/h3-9,13,18,23,25H,10-12H2,1-2H3/t18-,23-/m1/s1. The summed E-state index contributed by atoms with van der Waals surface area (Å²) in [6.07, 6.45) is 0.508. The third kappa shape index (κ3) is 2.59. The number of nitrogens with one attached hydrogen (secondary N) is 1. The third-order valence-corrected chi connectivity index (χ3v) is 6.63. The monoisotopic (exact) mass is 417 g/mol. The molecule has 2 amide bonds. The van der Waals surface area contributed by atoms with Crippen molar-refractivity contribution < 1.29 is 19.1 Å². The minimum atomic E-state index is -0.522. The van der Waals surface area contributed by atoms with Crippen LogP contribution in [0.25, 0.3) is 10.9 Å². The van der Waals surface area contributed by atoms with Crippen LogP contribution in [0.4, 0.5) is 0 Å². The Labute approximate surface area is 179 Å². The Morgan fingerprint density at radius 3 is 2.71 bits per heavy atom. The van der Waals surface area contributed by atoms with Crippen LogP contribution >= 0.6 is 0 Å². The molecule has 0 unspecified atom stereocenters. The van der Waals surface area contributed by atoms with Crippen LogP contribution in [0.3, 0.4) is 0 Å². The van der Waals surface area contributed by atoms with Crippen molar-refractivity contribution in [3.8, 4) is 11.5 Å².